The van der Waals surface area contributed by atoms with Gasteiger partial charge in [0.1, 0.15) is 0 Å². The van der Waals surface area contributed by atoms with E-state index in [0.29, 0.717) is 18.0 Å². The zero-order chi connectivity index (χ0) is 15.2. The van der Waals surface area contributed by atoms with Crippen molar-refractivity contribution in [1.29, 1.82) is 0 Å². The molecular formula is C19H32N2. The van der Waals surface area contributed by atoms with Crippen molar-refractivity contribution in [3.63, 3.8) is 0 Å². The van der Waals surface area contributed by atoms with Gasteiger partial charge >= 0.3 is 0 Å². The SMILES string of the molecule is CCc1ccc(C2C(CNC(C)C)CCCCN2C)cc1. The molecule has 1 aliphatic heterocycles. The van der Waals surface area contributed by atoms with Gasteiger partial charge in [0.2, 0.25) is 0 Å². The zero-order valence-corrected chi connectivity index (χ0v) is 14.2. The Morgan fingerprint density at radius 2 is 1.90 bits per heavy atom. The molecule has 1 N–H and O–H groups in total. The minimum absolute atomic E-state index is 0.560. The molecule has 1 aromatic rings. The third kappa shape index (κ3) is 4.55. The van der Waals surface area contributed by atoms with Gasteiger partial charge in [-0.3, -0.25) is 4.90 Å². The molecule has 1 fully saturated rings. The van der Waals surface area contributed by atoms with Crippen molar-refractivity contribution in [2.45, 2.75) is 58.5 Å². The van der Waals surface area contributed by atoms with E-state index in [1.165, 1.54) is 36.9 Å². The second kappa shape index (κ2) is 7.95. The minimum Gasteiger partial charge on any atom is -0.314 e. The maximum atomic E-state index is 3.66. The van der Waals surface area contributed by atoms with E-state index in [0.717, 1.165) is 13.0 Å². The highest BCUT2D eigenvalue weighted by atomic mass is 15.1. The van der Waals surface area contributed by atoms with Crippen LogP contribution in [0.1, 0.15) is 57.2 Å². The molecule has 118 valence electrons. The van der Waals surface area contributed by atoms with Crippen molar-refractivity contribution < 1.29 is 0 Å². The van der Waals surface area contributed by atoms with Crippen LogP contribution in [-0.4, -0.2) is 31.1 Å². The van der Waals surface area contributed by atoms with Gasteiger partial charge in [-0.25, -0.2) is 0 Å². The highest BCUT2D eigenvalue weighted by Crippen LogP contribution is 2.34. The number of aryl methyl sites for hydroxylation is 1. The van der Waals surface area contributed by atoms with Gasteiger partial charge in [-0.2, -0.15) is 0 Å². The Morgan fingerprint density at radius 3 is 2.52 bits per heavy atom. The van der Waals surface area contributed by atoms with Gasteiger partial charge in [0.15, 0.2) is 0 Å². The normalized spacial score (nSPS) is 24.2. The summed E-state index contributed by atoms with van der Waals surface area (Å²) < 4.78 is 0. The van der Waals surface area contributed by atoms with Crippen LogP contribution >= 0.6 is 0 Å². The van der Waals surface area contributed by atoms with Crippen LogP contribution in [0, 0.1) is 5.92 Å². The predicted octanol–water partition coefficient (Wildman–Crippen LogP) is 4.02. The van der Waals surface area contributed by atoms with E-state index in [9.17, 15) is 0 Å². The summed E-state index contributed by atoms with van der Waals surface area (Å²) in [5, 5.41) is 3.66. The van der Waals surface area contributed by atoms with E-state index in [-0.39, 0.29) is 0 Å². The number of nitrogens with one attached hydrogen (secondary N) is 1. The maximum absolute atomic E-state index is 3.66. The average molecular weight is 288 g/mol. The second-order valence-electron chi connectivity index (χ2n) is 6.84. The number of hydrogen-bond donors (Lipinski definition) is 1. The fourth-order valence-electron chi connectivity index (χ4n) is 3.50. The lowest BCUT2D eigenvalue weighted by atomic mass is 9.88. The Kier molecular flexibility index (Phi) is 6.25. The first-order valence-electron chi connectivity index (χ1n) is 8.64. The van der Waals surface area contributed by atoms with Crippen LogP contribution in [0.3, 0.4) is 0 Å². The summed E-state index contributed by atoms with van der Waals surface area (Å²) in [6.45, 7) is 9.06. The molecule has 0 aromatic heterocycles. The standard InChI is InChI=1S/C19H32N2/c1-5-16-9-11-17(12-10-16)19-18(14-20-15(2)3)8-6-7-13-21(19)4/h9-12,15,18-20H,5-8,13-14H2,1-4H3. The third-order valence-electron chi connectivity index (χ3n) is 4.77. The van der Waals surface area contributed by atoms with Crippen LogP contribution in [0.4, 0.5) is 0 Å². The summed E-state index contributed by atoms with van der Waals surface area (Å²) in [4.78, 5) is 2.57. The zero-order valence-electron chi connectivity index (χ0n) is 14.2. The molecule has 0 spiro atoms. The lowest BCUT2D eigenvalue weighted by Gasteiger charge is -2.33. The van der Waals surface area contributed by atoms with E-state index in [1.54, 1.807) is 0 Å². The summed E-state index contributed by atoms with van der Waals surface area (Å²) in [6.07, 6.45) is 5.15. The lowest BCUT2D eigenvalue weighted by molar-refractivity contribution is 0.187. The van der Waals surface area contributed by atoms with Crippen LogP contribution in [-0.2, 0) is 6.42 Å². The van der Waals surface area contributed by atoms with E-state index in [1.807, 2.05) is 0 Å². The van der Waals surface area contributed by atoms with E-state index in [4.69, 9.17) is 0 Å². The number of rotatable bonds is 5. The molecule has 2 nitrogen and oxygen atoms in total. The fourth-order valence-corrected chi connectivity index (χ4v) is 3.50. The fraction of sp³-hybridized carbons (Fsp3) is 0.684. The Hall–Kier alpha value is -0.860. The van der Waals surface area contributed by atoms with Crippen molar-refractivity contribution >= 4 is 0 Å². The van der Waals surface area contributed by atoms with Crippen LogP contribution in [0.15, 0.2) is 24.3 Å². The van der Waals surface area contributed by atoms with E-state index < -0.39 is 0 Å². The Labute approximate surface area is 130 Å². The first-order valence-corrected chi connectivity index (χ1v) is 8.64. The van der Waals surface area contributed by atoms with Crippen LogP contribution < -0.4 is 5.32 Å². The molecule has 0 aliphatic carbocycles. The van der Waals surface area contributed by atoms with Crippen molar-refractivity contribution in [3.05, 3.63) is 35.4 Å². The number of hydrogen-bond acceptors (Lipinski definition) is 2. The molecule has 1 aromatic carbocycles. The van der Waals surface area contributed by atoms with E-state index >= 15 is 0 Å². The van der Waals surface area contributed by atoms with Crippen LogP contribution in [0.2, 0.25) is 0 Å². The van der Waals surface area contributed by atoms with Crippen molar-refractivity contribution in [2.24, 2.45) is 5.92 Å². The largest absolute Gasteiger partial charge is 0.314 e. The van der Waals surface area contributed by atoms with E-state index in [2.05, 4.69) is 62.3 Å². The average Bonchev–Trinajstić information content (AvgIpc) is 2.67. The van der Waals surface area contributed by atoms with Gasteiger partial charge in [0, 0.05) is 18.6 Å². The molecule has 2 unspecified atom stereocenters. The Balaban J connectivity index is 2.18. The quantitative estimate of drug-likeness (QED) is 0.880. The first kappa shape index (κ1) is 16.5. The summed E-state index contributed by atoms with van der Waals surface area (Å²) in [7, 11) is 2.30. The van der Waals surface area contributed by atoms with Gasteiger partial charge in [0.05, 0.1) is 0 Å². The molecule has 0 saturated carbocycles. The van der Waals surface area contributed by atoms with Crippen molar-refractivity contribution in [3.8, 4) is 0 Å². The van der Waals surface area contributed by atoms with Gasteiger partial charge < -0.3 is 5.32 Å². The van der Waals surface area contributed by atoms with Crippen molar-refractivity contribution in [2.75, 3.05) is 20.1 Å². The molecule has 2 heteroatoms. The van der Waals surface area contributed by atoms with Crippen molar-refractivity contribution in [1.82, 2.24) is 10.2 Å². The Morgan fingerprint density at radius 1 is 1.19 bits per heavy atom. The molecule has 21 heavy (non-hydrogen) atoms. The summed E-state index contributed by atoms with van der Waals surface area (Å²) in [5.74, 6) is 0.715. The van der Waals surface area contributed by atoms with Crippen LogP contribution in [0.5, 0.6) is 0 Å². The number of nitrogens with zero attached hydrogens (tertiary/aromatic N) is 1. The molecule has 2 atom stereocenters. The van der Waals surface area contributed by atoms with Gasteiger partial charge in [0.25, 0.3) is 0 Å². The minimum atomic E-state index is 0.560. The van der Waals surface area contributed by atoms with Gasteiger partial charge in [-0.15, -0.1) is 0 Å². The Bertz CT molecular complexity index is 410. The summed E-state index contributed by atoms with van der Waals surface area (Å²) >= 11 is 0. The predicted molar refractivity (Wildman–Crippen MR) is 91.7 cm³/mol. The topological polar surface area (TPSA) is 15.3 Å². The number of benzene rings is 1. The smallest absolute Gasteiger partial charge is 0.0385 e. The van der Waals surface area contributed by atoms with Crippen LogP contribution in [0.25, 0.3) is 0 Å². The molecule has 0 bridgehead atoms. The molecule has 0 radical (unpaired) electrons. The number of likely N-dealkylation sites (tertiary alicyclic amines) is 1. The third-order valence-corrected chi connectivity index (χ3v) is 4.77. The second-order valence-corrected chi connectivity index (χ2v) is 6.84. The monoisotopic (exact) mass is 288 g/mol. The summed E-state index contributed by atoms with van der Waals surface area (Å²) in [6, 6.07) is 10.5. The molecule has 1 saturated heterocycles. The first-order chi connectivity index (χ1) is 10.1. The molecule has 1 aliphatic rings. The highest BCUT2D eigenvalue weighted by Gasteiger charge is 2.28. The maximum Gasteiger partial charge on any atom is 0.0385 e. The van der Waals surface area contributed by atoms with Gasteiger partial charge in [-0.05, 0) is 49.9 Å². The summed E-state index contributed by atoms with van der Waals surface area (Å²) in [5.41, 5.74) is 2.93. The molecule has 0 amide bonds. The molecular weight excluding hydrogens is 256 g/mol. The molecule has 1 heterocycles. The highest BCUT2D eigenvalue weighted by molar-refractivity contribution is 5.26. The van der Waals surface area contributed by atoms with Gasteiger partial charge in [-0.1, -0.05) is 51.5 Å². The lowest BCUT2D eigenvalue weighted by Crippen LogP contribution is -2.37. The molecule has 2 rings (SSSR count).